The summed E-state index contributed by atoms with van der Waals surface area (Å²) < 4.78 is 0. The second kappa shape index (κ2) is 9.58. The number of hydrogen-bond acceptors (Lipinski definition) is 4. The van der Waals surface area contributed by atoms with Gasteiger partial charge in [-0.3, -0.25) is 19.2 Å². The molecule has 0 atom stereocenters. The smallest absolute Gasteiger partial charge is 0.282 e. The Morgan fingerprint density at radius 1 is 0.651 bits per heavy atom. The van der Waals surface area contributed by atoms with Gasteiger partial charge >= 0.3 is 0 Å². The van der Waals surface area contributed by atoms with Crippen molar-refractivity contribution in [2.75, 3.05) is 5.06 Å². The van der Waals surface area contributed by atoms with E-state index in [-0.39, 0.29) is 30.5 Å². The maximum absolute atomic E-state index is 13.9. The fraction of sp³-hybridized carbons (Fsp3) is 0.0789. The van der Waals surface area contributed by atoms with Crippen molar-refractivity contribution in [1.82, 2.24) is 0 Å². The van der Waals surface area contributed by atoms with Gasteiger partial charge in [0.1, 0.15) is 6.61 Å². The molecule has 0 fully saturated rings. The van der Waals surface area contributed by atoms with Crippen molar-refractivity contribution < 1.29 is 19.2 Å². The van der Waals surface area contributed by atoms with Crippen LogP contribution in [0.4, 0.5) is 5.69 Å². The van der Waals surface area contributed by atoms with Gasteiger partial charge in [-0.05, 0) is 68.6 Å². The molecule has 43 heavy (non-hydrogen) atoms. The molecule has 8 rings (SSSR count). The quantitative estimate of drug-likeness (QED) is 0.121. The van der Waals surface area contributed by atoms with Crippen LogP contribution >= 0.6 is 0 Å². The number of fused-ring (bicyclic) bond motifs is 2. The number of amides is 1. The molecule has 0 saturated carbocycles. The van der Waals surface area contributed by atoms with Gasteiger partial charge in [-0.2, -0.15) is 5.06 Å². The number of carbonyl (C=O) groups is 3. The van der Waals surface area contributed by atoms with Crippen molar-refractivity contribution >= 4 is 66.3 Å². The van der Waals surface area contributed by atoms with E-state index in [0.29, 0.717) is 27.8 Å². The summed E-state index contributed by atoms with van der Waals surface area (Å²) in [6.45, 7) is 1.79. The lowest BCUT2D eigenvalue weighted by molar-refractivity contribution is 0.0618. The standard InChI is InChI=1S/C38H25NO4/c1-22(40)26-14-15-29-28-17-19-32-34-24(21-43-39(38(32)42)25-10-6-3-7-11-25)12-13-27(36(28)34)30-16-18-31(35(26)37(29)30)33(41)20-23-8-4-2-5-9-23/h2-19H,20-21H2,1H3. The third kappa shape index (κ3) is 3.79. The minimum absolute atomic E-state index is 0.0336. The molecule has 5 nitrogen and oxygen atoms in total. The molecule has 1 heterocycles. The fourth-order valence-corrected chi connectivity index (χ4v) is 6.72. The van der Waals surface area contributed by atoms with Crippen LogP contribution in [0.25, 0.3) is 43.1 Å². The molecule has 0 N–H and O–H groups in total. The van der Waals surface area contributed by atoms with Gasteiger partial charge in [0.15, 0.2) is 11.6 Å². The topological polar surface area (TPSA) is 63.7 Å². The van der Waals surface area contributed by atoms with E-state index >= 15 is 0 Å². The number of hydroxylamine groups is 1. The van der Waals surface area contributed by atoms with E-state index in [1.165, 1.54) is 5.06 Å². The van der Waals surface area contributed by atoms with E-state index < -0.39 is 0 Å². The first-order valence-corrected chi connectivity index (χ1v) is 14.3. The van der Waals surface area contributed by atoms with Crippen molar-refractivity contribution in [2.45, 2.75) is 20.0 Å². The Bertz CT molecular complexity index is 2250. The van der Waals surface area contributed by atoms with Crippen LogP contribution < -0.4 is 5.06 Å². The monoisotopic (exact) mass is 559 g/mol. The average molecular weight is 560 g/mol. The molecule has 1 aliphatic heterocycles. The van der Waals surface area contributed by atoms with Crippen molar-refractivity contribution in [3.63, 3.8) is 0 Å². The molecule has 1 amide bonds. The highest BCUT2D eigenvalue weighted by Crippen LogP contribution is 2.45. The number of benzene rings is 7. The number of hydrogen-bond donors (Lipinski definition) is 0. The molecule has 5 heteroatoms. The van der Waals surface area contributed by atoms with Crippen molar-refractivity contribution in [2.24, 2.45) is 0 Å². The van der Waals surface area contributed by atoms with Crippen molar-refractivity contribution in [3.8, 4) is 0 Å². The van der Waals surface area contributed by atoms with Crippen molar-refractivity contribution in [3.05, 3.63) is 137 Å². The van der Waals surface area contributed by atoms with E-state index in [0.717, 1.165) is 48.8 Å². The van der Waals surface area contributed by atoms with Crippen LogP contribution in [0.1, 0.15) is 49.1 Å². The van der Waals surface area contributed by atoms with Gasteiger partial charge in [0, 0.05) is 28.3 Å². The lowest BCUT2D eigenvalue weighted by Gasteiger charge is -2.20. The molecule has 7 aromatic carbocycles. The summed E-state index contributed by atoms with van der Waals surface area (Å²) in [7, 11) is 0. The summed E-state index contributed by atoms with van der Waals surface area (Å²) in [5, 5.41) is 8.63. The summed E-state index contributed by atoms with van der Waals surface area (Å²) >= 11 is 0. The maximum Gasteiger partial charge on any atom is 0.282 e. The Kier molecular flexibility index (Phi) is 5.64. The Labute approximate surface area is 247 Å². The van der Waals surface area contributed by atoms with Crippen LogP contribution in [0.5, 0.6) is 0 Å². The summed E-state index contributed by atoms with van der Waals surface area (Å²) in [6.07, 6.45) is 0.246. The molecular weight excluding hydrogens is 534 g/mol. The van der Waals surface area contributed by atoms with Crippen molar-refractivity contribution in [1.29, 1.82) is 0 Å². The zero-order valence-corrected chi connectivity index (χ0v) is 23.4. The molecule has 0 radical (unpaired) electrons. The van der Waals surface area contributed by atoms with E-state index in [4.69, 9.17) is 4.84 Å². The number of nitrogens with zero attached hydrogens (tertiary/aromatic N) is 1. The molecule has 0 unspecified atom stereocenters. The number of para-hydroxylation sites is 1. The molecular formula is C38H25NO4. The van der Waals surface area contributed by atoms with Crippen LogP contribution in [-0.2, 0) is 17.9 Å². The number of carbonyl (C=O) groups excluding carboxylic acids is 3. The summed E-state index contributed by atoms with van der Waals surface area (Å²) in [4.78, 5) is 46.7. The number of Topliss-reactive ketones (excluding diaryl/α,β-unsaturated/α-hetero) is 2. The molecule has 1 aliphatic rings. The number of rotatable bonds is 5. The largest absolute Gasteiger partial charge is 0.294 e. The van der Waals surface area contributed by atoms with Gasteiger partial charge in [-0.25, -0.2) is 0 Å². The van der Waals surface area contributed by atoms with E-state index in [9.17, 15) is 14.4 Å². The minimum Gasteiger partial charge on any atom is -0.294 e. The van der Waals surface area contributed by atoms with Gasteiger partial charge in [-0.15, -0.1) is 0 Å². The third-order valence-corrected chi connectivity index (χ3v) is 8.63. The number of ketones is 2. The predicted octanol–water partition coefficient (Wildman–Crippen LogP) is 8.46. The maximum atomic E-state index is 13.9. The highest BCUT2D eigenvalue weighted by Gasteiger charge is 2.29. The first-order valence-electron chi connectivity index (χ1n) is 14.3. The van der Waals surface area contributed by atoms with Gasteiger partial charge in [0.05, 0.1) is 11.3 Å². The first kappa shape index (κ1) is 25.3. The van der Waals surface area contributed by atoms with Gasteiger partial charge in [0.2, 0.25) is 0 Å². The van der Waals surface area contributed by atoms with E-state index in [1.807, 2.05) is 103 Å². The zero-order valence-electron chi connectivity index (χ0n) is 23.4. The minimum atomic E-state index is -0.224. The first-order chi connectivity index (χ1) is 21.0. The summed E-state index contributed by atoms with van der Waals surface area (Å²) in [6, 6.07) is 34.7. The summed E-state index contributed by atoms with van der Waals surface area (Å²) in [5.41, 5.74) is 4.18. The van der Waals surface area contributed by atoms with Gasteiger partial charge in [0.25, 0.3) is 5.91 Å². The lowest BCUT2D eigenvalue weighted by Crippen LogP contribution is -2.29. The Morgan fingerprint density at radius 2 is 1.23 bits per heavy atom. The Balaban J connectivity index is 1.42. The molecule has 0 aliphatic carbocycles. The molecule has 0 spiro atoms. The molecule has 7 aromatic rings. The molecule has 0 aromatic heterocycles. The predicted molar refractivity (Wildman–Crippen MR) is 170 cm³/mol. The van der Waals surface area contributed by atoms with Crippen LogP contribution in [0.3, 0.4) is 0 Å². The fourth-order valence-electron chi connectivity index (χ4n) is 6.72. The normalized spacial score (nSPS) is 13.3. The van der Waals surface area contributed by atoms with E-state index in [1.54, 1.807) is 6.92 Å². The third-order valence-electron chi connectivity index (χ3n) is 8.63. The highest BCUT2D eigenvalue weighted by atomic mass is 16.7. The van der Waals surface area contributed by atoms with Crippen LogP contribution in [0.15, 0.2) is 109 Å². The zero-order chi connectivity index (χ0) is 29.2. The Morgan fingerprint density at radius 3 is 1.91 bits per heavy atom. The second-order valence-corrected chi connectivity index (χ2v) is 11.1. The molecule has 0 bridgehead atoms. The van der Waals surface area contributed by atoms with Crippen LogP contribution in [0, 0.1) is 0 Å². The number of anilines is 1. The second-order valence-electron chi connectivity index (χ2n) is 11.1. The Hall–Kier alpha value is -5.39. The van der Waals surface area contributed by atoms with Gasteiger partial charge < -0.3 is 0 Å². The SMILES string of the molecule is CC(=O)c1ccc2c3ccc4c5c(ccc(c6ccc(C(=O)Cc7ccccc7)c1c26)c53)CON(c1ccccc1)C4=O. The lowest BCUT2D eigenvalue weighted by atomic mass is 9.83. The molecule has 0 saturated heterocycles. The molecule has 206 valence electrons. The van der Waals surface area contributed by atoms with E-state index in [2.05, 4.69) is 6.07 Å². The highest BCUT2D eigenvalue weighted by molar-refractivity contribution is 6.38. The average Bonchev–Trinajstić information content (AvgIpc) is 3.18. The van der Waals surface area contributed by atoms with Crippen LogP contribution in [0.2, 0.25) is 0 Å². The van der Waals surface area contributed by atoms with Crippen LogP contribution in [-0.4, -0.2) is 17.5 Å². The summed E-state index contributed by atoms with van der Waals surface area (Å²) in [5.74, 6) is -0.346. The van der Waals surface area contributed by atoms with Gasteiger partial charge in [-0.1, -0.05) is 91.0 Å².